The quantitative estimate of drug-likeness (QED) is 0.604. The normalized spacial score (nSPS) is 10.4. The number of unbranched alkanes of at least 4 members (excludes halogenated alkanes) is 3. The van der Waals surface area contributed by atoms with Crippen LogP contribution in [-0.2, 0) is 6.54 Å². The summed E-state index contributed by atoms with van der Waals surface area (Å²) in [4.78, 5) is 0. The van der Waals surface area contributed by atoms with Crippen LogP contribution in [0.25, 0.3) is 5.32 Å². The summed E-state index contributed by atoms with van der Waals surface area (Å²) in [6.45, 7) is 3.84. The van der Waals surface area contributed by atoms with Crippen LogP contribution in [0.5, 0.6) is 5.75 Å². The molecule has 0 spiro atoms. The van der Waals surface area contributed by atoms with Crippen LogP contribution in [0.4, 0.5) is 0 Å². The maximum absolute atomic E-state index is 5.66. The van der Waals surface area contributed by atoms with E-state index < -0.39 is 0 Å². The first-order valence-electron chi connectivity index (χ1n) is 6.14. The van der Waals surface area contributed by atoms with E-state index in [2.05, 4.69) is 24.4 Å². The van der Waals surface area contributed by atoms with Crippen molar-refractivity contribution in [2.24, 2.45) is 0 Å². The van der Waals surface area contributed by atoms with Crippen molar-refractivity contribution in [2.45, 2.75) is 39.2 Å². The minimum atomic E-state index is 0.788. The Balaban J connectivity index is 2.21. The van der Waals surface area contributed by atoms with Gasteiger partial charge in [-0.2, -0.15) is 7.05 Å². The molecule has 0 aromatic heterocycles. The molecule has 0 aliphatic carbocycles. The fourth-order valence-electron chi connectivity index (χ4n) is 1.59. The fraction of sp³-hybridized carbons (Fsp3) is 0.571. The Bertz CT molecular complexity index is 269. The molecule has 0 radical (unpaired) electrons. The van der Waals surface area contributed by atoms with Crippen molar-refractivity contribution in [1.29, 1.82) is 0 Å². The van der Waals surface area contributed by atoms with Crippen molar-refractivity contribution >= 4 is 0 Å². The number of benzene rings is 1. The lowest BCUT2D eigenvalue weighted by molar-refractivity contribution is 0.305. The highest BCUT2D eigenvalue weighted by atomic mass is 16.5. The number of rotatable bonds is 8. The van der Waals surface area contributed by atoms with E-state index in [-0.39, 0.29) is 0 Å². The van der Waals surface area contributed by atoms with E-state index in [4.69, 9.17) is 4.74 Å². The van der Waals surface area contributed by atoms with Gasteiger partial charge in [0.25, 0.3) is 0 Å². The van der Waals surface area contributed by atoms with Gasteiger partial charge in [-0.3, -0.25) is 0 Å². The maximum atomic E-state index is 5.66. The van der Waals surface area contributed by atoms with E-state index in [0.29, 0.717) is 0 Å². The van der Waals surface area contributed by atoms with Crippen molar-refractivity contribution < 1.29 is 4.74 Å². The predicted molar refractivity (Wildman–Crippen MR) is 69.1 cm³/mol. The van der Waals surface area contributed by atoms with E-state index in [1.807, 2.05) is 19.2 Å². The zero-order valence-corrected chi connectivity index (χ0v) is 10.4. The molecule has 0 aliphatic rings. The van der Waals surface area contributed by atoms with Gasteiger partial charge in [0.05, 0.1) is 6.61 Å². The molecule has 16 heavy (non-hydrogen) atoms. The van der Waals surface area contributed by atoms with Crippen LogP contribution < -0.4 is 4.74 Å². The lowest BCUT2D eigenvalue weighted by Gasteiger charge is -2.12. The van der Waals surface area contributed by atoms with Crippen molar-refractivity contribution in [3.05, 3.63) is 35.1 Å². The molecule has 1 aromatic carbocycles. The molecule has 0 heterocycles. The highest BCUT2D eigenvalue weighted by Crippen LogP contribution is 2.14. The summed E-state index contributed by atoms with van der Waals surface area (Å²) < 4.78 is 5.66. The molecule has 1 aromatic rings. The Labute approximate surface area is 99.0 Å². The summed E-state index contributed by atoms with van der Waals surface area (Å²) in [7, 11) is 1.83. The van der Waals surface area contributed by atoms with Gasteiger partial charge < -0.3 is 10.1 Å². The first-order chi connectivity index (χ1) is 7.86. The molecule has 90 valence electrons. The van der Waals surface area contributed by atoms with Crippen LogP contribution >= 0.6 is 0 Å². The Hall–Kier alpha value is -1.02. The molecule has 0 amide bonds. The molecule has 0 saturated heterocycles. The van der Waals surface area contributed by atoms with Gasteiger partial charge in [-0.25, -0.2) is 0 Å². The van der Waals surface area contributed by atoms with Crippen LogP contribution in [0.3, 0.4) is 0 Å². The summed E-state index contributed by atoms with van der Waals surface area (Å²) in [6, 6.07) is 8.21. The minimum Gasteiger partial charge on any atom is -0.661 e. The smallest absolute Gasteiger partial charge is 0.119 e. The number of nitrogens with zero attached hydrogens (tertiary/aromatic N) is 1. The van der Waals surface area contributed by atoms with Crippen LogP contribution in [0.2, 0.25) is 0 Å². The van der Waals surface area contributed by atoms with Crippen molar-refractivity contribution in [3.63, 3.8) is 0 Å². The maximum Gasteiger partial charge on any atom is 0.119 e. The zero-order chi connectivity index (χ0) is 11.6. The third-order valence-electron chi connectivity index (χ3n) is 2.53. The minimum absolute atomic E-state index is 0.788. The number of ether oxygens (including phenoxy) is 1. The molecule has 0 unspecified atom stereocenters. The predicted octanol–water partition coefficient (Wildman–Crippen LogP) is 4.15. The van der Waals surface area contributed by atoms with Gasteiger partial charge in [0, 0.05) is 0 Å². The van der Waals surface area contributed by atoms with Crippen molar-refractivity contribution in [1.82, 2.24) is 0 Å². The second-order valence-corrected chi connectivity index (χ2v) is 4.03. The molecule has 0 saturated carbocycles. The lowest BCUT2D eigenvalue weighted by atomic mass is 10.2. The number of hydrogen-bond acceptors (Lipinski definition) is 1. The third kappa shape index (κ3) is 5.17. The molecule has 2 nitrogen and oxygen atoms in total. The Morgan fingerprint density at radius 1 is 1.06 bits per heavy atom. The van der Waals surface area contributed by atoms with Crippen LogP contribution in [0.1, 0.15) is 38.2 Å². The highest BCUT2D eigenvalue weighted by Gasteiger charge is 1.93. The van der Waals surface area contributed by atoms with Gasteiger partial charge >= 0.3 is 0 Å². The molecule has 2 heteroatoms. The van der Waals surface area contributed by atoms with Gasteiger partial charge in [-0.05, 0) is 18.6 Å². The molecule has 0 bridgehead atoms. The Kier molecular flexibility index (Phi) is 6.66. The summed E-state index contributed by atoms with van der Waals surface area (Å²) in [5.74, 6) is 0.969. The molecule has 0 atom stereocenters. The molecule has 1 rings (SSSR count). The van der Waals surface area contributed by atoms with Crippen LogP contribution in [0, 0.1) is 0 Å². The summed E-state index contributed by atoms with van der Waals surface area (Å²) in [5, 5.41) is 4.09. The van der Waals surface area contributed by atoms with Crippen molar-refractivity contribution in [2.75, 3.05) is 13.7 Å². The Morgan fingerprint density at radius 2 is 1.81 bits per heavy atom. The van der Waals surface area contributed by atoms with Crippen LogP contribution in [-0.4, -0.2) is 13.7 Å². The average Bonchev–Trinajstić information content (AvgIpc) is 2.31. The second kappa shape index (κ2) is 8.17. The van der Waals surface area contributed by atoms with E-state index in [0.717, 1.165) is 25.3 Å². The molecule has 0 N–H and O–H groups in total. The van der Waals surface area contributed by atoms with Gasteiger partial charge in [0.1, 0.15) is 5.75 Å². The van der Waals surface area contributed by atoms with Gasteiger partial charge in [0.15, 0.2) is 0 Å². The zero-order valence-electron chi connectivity index (χ0n) is 10.4. The molecular formula is C14H22NO-. The van der Waals surface area contributed by atoms with E-state index in [9.17, 15) is 0 Å². The van der Waals surface area contributed by atoms with Gasteiger partial charge in [0.2, 0.25) is 0 Å². The average molecular weight is 220 g/mol. The highest BCUT2D eigenvalue weighted by molar-refractivity contribution is 5.28. The first kappa shape index (κ1) is 13.0. The number of hydrogen-bond donors (Lipinski definition) is 0. The summed E-state index contributed by atoms with van der Waals surface area (Å²) >= 11 is 0. The first-order valence-corrected chi connectivity index (χ1v) is 6.14. The SMILES string of the molecule is CCCCCCOc1ccc(C[N-]C)cc1. The third-order valence-corrected chi connectivity index (χ3v) is 2.53. The van der Waals surface area contributed by atoms with Gasteiger partial charge in [-0.15, -0.1) is 6.54 Å². The lowest BCUT2D eigenvalue weighted by Crippen LogP contribution is -1.97. The second-order valence-electron chi connectivity index (χ2n) is 4.03. The molecule has 0 aliphatic heterocycles. The van der Waals surface area contributed by atoms with Crippen molar-refractivity contribution in [3.8, 4) is 5.75 Å². The summed E-state index contributed by atoms with van der Waals surface area (Å²) in [5.41, 5.74) is 1.24. The standard InChI is InChI=1S/C14H22NO/c1-3-4-5-6-11-16-14-9-7-13(8-10-14)12-15-2/h7-10H,3-6,11-12H2,1-2H3/q-1. The van der Waals surface area contributed by atoms with Crippen LogP contribution in [0.15, 0.2) is 24.3 Å². The van der Waals surface area contributed by atoms with Gasteiger partial charge in [-0.1, -0.05) is 43.9 Å². The topological polar surface area (TPSA) is 23.3 Å². The Morgan fingerprint density at radius 3 is 2.44 bits per heavy atom. The summed E-state index contributed by atoms with van der Waals surface area (Å²) in [6.07, 6.45) is 5.00. The molecule has 0 fully saturated rings. The van der Waals surface area contributed by atoms with E-state index in [1.54, 1.807) is 0 Å². The van der Waals surface area contributed by atoms with E-state index in [1.165, 1.54) is 24.8 Å². The largest absolute Gasteiger partial charge is 0.661 e. The molecular weight excluding hydrogens is 198 g/mol. The monoisotopic (exact) mass is 220 g/mol. The fourth-order valence-corrected chi connectivity index (χ4v) is 1.59. The van der Waals surface area contributed by atoms with E-state index >= 15 is 0 Å².